The van der Waals surface area contributed by atoms with Crippen LogP contribution in [0.4, 0.5) is 5.13 Å². The minimum atomic E-state index is 0.0972. The Hall–Kier alpha value is -1.17. The van der Waals surface area contributed by atoms with Gasteiger partial charge >= 0.3 is 0 Å². The average molecular weight is 277 g/mol. The lowest BCUT2D eigenvalue weighted by molar-refractivity contribution is 0.0278. The first kappa shape index (κ1) is 12.8. The average Bonchev–Trinajstić information content (AvgIpc) is 2.76. The van der Waals surface area contributed by atoms with Crippen LogP contribution in [0.15, 0.2) is 18.2 Å². The summed E-state index contributed by atoms with van der Waals surface area (Å²) in [6, 6.07) is 6.32. The van der Waals surface area contributed by atoms with Crippen LogP contribution >= 0.6 is 11.3 Å². The highest BCUT2D eigenvalue weighted by Gasteiger charge is 2.26. The predicted octanol–water partition coefficient (Wildman–Crippen LogP) is 2.54. The number of anilines is 1. The van der Waals surface area contributed by atoms with Gasteiger partial charge in [-0.1, -0.05) is 17.4 Å². The monoisotopic (exact) mass is 277 g/mol. The summed E-state index contributed by atoms with van der Waals surface area (Å²) < 4.78 is 6.71. The Labute approximate surface area is 117 Å². The molecule has 0 amide bonds. The normalized spacial score (nSPS) is 23.8. The first-order valence-electron chi connectivity index (χ1n) is 6.62. The molecule has 1 aromatic heterocycles. The molecule has 0 aliphatic carbocycles. The molecule has 0 spiro atoms. The smallest absolute Gasteiger partial charge is 0.181 e. The lowest BCUT2D eigenvalue weighted by atomic mass is 9.94. The molecule has 19 heavy (non-hydrogen) atoms. The van der Waals surface area contributed by atoms with Crippen molar-refractivity contribution in [3.05, 3.63) is 23.8 Å². The van der Waals surface area contributed by atoms with E-state index in [1.165, 1.54) is 12.0 Å². The Morgan fingerprint density at radius 2 is 2.42 bits per heavy atom. The van der Waals surface area contributed by atoms with Crippen molar-refractivity contribution in [2.24, 2.45) is 0 Å². The van der Waals surface area contributed by atoms with Crippen molar-refractivity contribution in [1.82, 2.24) is 10.3 Å². The predicted molar refractivity (Wildman–Crippen MR) is 79.3 cm³/mol. The number of nitrogen functional groups attached to an aromatic ring is 1. The number of benzene rings is 1. The van der Waals surface area contributed by atoms with Crippen molar-refractivity contribution in [2.45, 2.75) is 31.8 Å². The summed E-state index contributed by atoms with van der Waals surface area (Å²) >= 11 is 1.54. The van der Waals surface area contributed by atoms with Crippen molar-refractivity contribution < 1.29 is 4.74 Å². The van der Waals surface area contributed by atoms with Crippen LogP contribution in [0.3, 0.4) is 0 Å². The van der Waals surface area contributed by atoms with E-state index in [0.29, 0.717) is 5.13 Å². The van der Waals surface area contributed by atoms with E-state index in [2.05, 4.69) is 29.4 Å². The Kier molecular flexibility index (Phi) is 3.43. The lowest BCUT2D eigenvalue weighted by Gasteiger charge is -2.34. The lowest BCUT2D eigenvalue weighted by Crippen LogP contribution is -2.48. The summed E-state index contributed by atoms with van der Waals surface area (Å²) in [5, 5.41) is 4.25. The van der Waals surface area contributed by atoms with Crippen molar-refractivity contribution in [3.63, 3.8) is 0 Å². The molecule has 1 aliphatic heterocycles. The molecule has 3 rings (SSSR count). The molecular weight excluding hydrogens is 258 g/mol. The van der Waals surface area contributed by atoms with Gasteiger partial charge in [0.2, 0.25) is 0 Å². The number of hydrogen-bond donors (Lipinski definition) is 2. The van der Waals surface area contributed by atoms with Gasteiger partial charge in [-0.15, -0.1) is 0 Å². The molecular formula is C14H19N3OS. The van der Waals surface area contributed by atoms with Gasteiger partial charge in [0.1, 0.15) is 0 Å². The summed E-state index contributed by atoms with van der Waals surface area (Å²) in [4.78, 5) is 4.27. The standard InChI is InChI=1S/C14H19N3OS/c1-14(5-2-6-18-9-14)16-8-10-3-4-11-12(7-10)19-13(15)17-11/h3-4,7,16H,2,5-6,8-9H2,1H3,(H2,15,17). The fraction of sp³-hybridized carbons (Fsp3) is 0.500. The number of ether oxygens (including phenoxy) is 1. The van der Waals surface area contributed by atoms with Crippen LogP contribution in [0.2, 0.25) is 0 Å². The van der Waals surface area contributed by atoms with Crippen molar-refractivity contribution in [2.75, 3.05) is 18.9 Å². The molecule has 3 N–H and O–H groups in total. The molecule has 0 saturated carbocycles. The zero-order valence-electron chi connectivity index (χ0n) is 11.1. The first-order valence-corrected chi connectivity index (χ1v) is 7.44. The zero-order valence-corrected chi connectivity index (χ0v) is 11.9. The highest BCUT2D eigenvalue weighted by molar-refractivity contribution is 7.22. The van der Waals surface area contributed by atoms with Crippen LogP contribution in [0.1, 0.15) is 25.3 Å². The van der Waals surface area contributed by atoms with E-state index < -0.39 is 0 Å². The molecule has 1 unspecified atom stereocenters. The largest absolute Gasteiger partial charge is 0.380 e. The molecule has 5 heteroatoms. The number of fused-ring (bicyclic) bond motifs is 1. The van der Waals surface area contributed by atoms with Gasteiger partial charge in [0.05, 0.1) is 16.8 Å². The van der Waals surface area contributed by atoms with Gasteiger partial charge in [-0.2, -0.15) is 0 Å². The molecule has 2 aromatic rings. The van der Waals surface area contributed by atoms with E-state index in [4.69, 9.17) is 10.5 Å². The molecule has 1 aromatic carbocycles. The summed E-state index contributed by atoms with van der Waals surface area (Å²) in [5.74, 6) is 0. The summed E-state index contributed by atoms with van der Waals surface area (Å²) in [6.45, 7) is 4.77. The quantitative estimate of drug-likeness (QED) is 0.905. The maximum Gasteiger partial charge on any atom is 0.181 e. The topological polar surface area (TPSA) is 60.2 Å². The highest BCUT2D eigenvalue weighted by atomic mass is 32.1. The van der Waals surface area contributed by atoms with Crippen LogP contribution in [-0.4, -0.2) is 23.7 Å². The molecule has 2 heterocycles. The number of nitrogens with one attached hydrogen (secondary N) is 1. The minimum absolute atomic E-state index is 0.0972. The second-order valence-electron chi connectivity index (χ2n) is 5.42. The summed E-state index contributed by atoms with van der Waals surface area (Å²) in [7, 11) is 0. The van der Waals surface area contributed by atoms with Crippen LogP contribution in [0, 0.1) is 0 Å². The third-order valence-corrected chi connectivity index (χ3v) is 4.47. The third kappa shape index (κ3) is 2.88. The van der Waals surface area contributed by atoms with Gasteiger partial charge in [-0.25, -0.2) is 4.98 Å². The van der Waals surface area contributed by atoms with Crippen molar-refractivity contribution in [3.8, 4) is 0 Å². The van der Waals surface area contributed by atoms with Gasteiger partial charge in [0, 0.05) is 18.7 Å². The van der Waals surface area contributed by atoms with Crippen LogP contribution in [0.5, 0.6) is 0 Å². The number of nitrogens with two attached hydrogens (primary N) is 1. The Bertz CT molecular complexity index is 575. The van der Waals surface area contributed by atoms with Crippen LogP contribution in [0.25, 0.3) is 10.2 Å². The van der Waals surface area contributed by atoms with Gasteiger partial charge in [0.15, 0.2) is 5.13 Å². The van der Waals surface area contributed by atoms with E-state index in [0.717, 1.165) is 36.4 Å². The van der Waals surface area contributed by atoms with Gasteiger partial charge < -0.3 is 15.8 Å². The SMILES string of the molecule is CC1(NCc2ccc3nc(N)sc3c2)CCCOC1. The van der Waals surface area contributed by atoms with Crippen molar-refractivity contribution >= 4 is 26.7 Å². The minimum Gasteiger partial charge on any atom is -0.380 e. The van der Waals surface area contributed by atoms with Gasteiger partial charge in [-0.3, -0.25) is 0 Å². The zero-order chi connectivity index (χ0) is 13.3. The molecule has 4 nitrogen and oxygen atoms in total. The number of nitrogens with zero attached hydrogens (tertiary/aromatic N) is 1. The van der Waals surface area contributed by atoms with Crippen LogP contribution in [-0.2, 0) is 11.3 Å². The van der Waals surface area contributed by atoms with E-state index in [1.807, 2.05) is 6.07 Å². The van der Waals surface area contributed by atoms with Crippen LogP contribution < -0.4 is 11.1 Å². The molecule has 1 aliphatic rings. The Morgan fingerprint density at radius 3 is 3.21 bits per heavy atom. The maximum atomic E-state index is 5.73. The maximum absolute atomic E-state index is 5.73. The summed E-state index contributed by atoms with van der Waals surface area (Å²) in [5.41, 5.74) is 8.08. The third-order valence-electron chi connectivity index (χ3n) is 3.63. The number of rotatable bonds is 3. The van der Waals surface area contributed by atoms with Gasteiger partial charge in [0.25, 0.3) is 0 Å². The molecule has 0 radical (unpaired) electrons. The molecule has 102 valence electrons. The van der Waals surface area contributed by atoms with E-state index in [1.54, 1.807) is 11.3 Å². The first-order chi connectivity index (χ1) is 9.15. The second-order valence-corrected chi connectivity index (χ2v) is 6.49. The fourth-order valence-electron chi connectivity index (χ4n) is 2.49. The summed E-state index contributed by atoms with van der Waals surface area (Å²) in [6.07, 6.45) is 2.30. The number of aromatic nitrogens is 1. The van der Waals surface area contributed by atoms with E-state index in [9.17, 15) is 0 Å². The fourth-order valence-corrected chi connectivity index (χ4v) is 3.28. The second kappa shape index (κ2) is 5.07. The number of thiazole rings is 1. The van der Waals surface area contributed by atoms with E-state index >= 15 is 0 Å². The van der Waals surface area contributed by atoms with Gasteiger partial charge in [-0.05, 0) is 37.5 Å². The van der Waals surface area contributed by atoms with E-state index in [-0.39, 0.29) is 5.54 Å². The highest BCUT2D eigenvalue weighted by Crippen LogP contribution is 2.25. The van der Waals surface area contributed by atoms with Crippen molar-refractivity contribution in [1.29, 1.82) is 0 Å². The molecule has 0 bridgehead atoms. The molecule has 1 fully saturated rings. The Balaban J connectivity index is 1.70. The molecule has 1 saturated heterocycles. The molecule has 1 atom stereocenters. The number of hydrogen-bond acceptors (Lipinski definition) is 5. The Morgan fingerprint density at radius 1 is 1.53 bits per heavy atom.